The Balaban J connectivity index is 2.20. The molecule has 1 fully saturated rings. The van der Waals surface area contributed by atoms with E-state index in [0.29, 0.717) is 11.0 Å². The Hall–Kier alpha value is -1.76. The van der Waals surface area contributed by atoms with Crippen LogP contribution in [0.15, 0.2) is 12.5 Å². The fourth-order valence-electron chi connectivity index (χ4n) is 2.68. The van der Waals surface area contributed by atoms with E-state index >= 15 is 0 Å². The van der Waals surface area contributed by atoms with E-state index in [-0.39, 0.29) is 10.8 Å². The van der Waals surface area contributed by atoms with Crippen LogP contribution in [0.4, 0.5) is 5.69 Å². The summed E-state index contributed by atoms with van der Waals surface area (Å²) in [6.07, 6.45) is -0.578. The smallest absolute Gasteiger partial charge is 0.216 e. The zero-order valence-corrected chi connectivity index (χ0v) is 12.3. The largest absolute Gasteiger partial charge is 0.394 e. The molecule has 4 unspecified atom stereocenters. The first-order valence-electron chi connectivity index (χ1n) is 6.47. The van der Waals surface area contributed by atoms with Crippen LogP contribution in [0, 0.1) is 6.57 Å². The molecule has 1 saturated heterocycles. The topological polar surface area (TPSA) is 105 Å². The maximum Gasteiger partial charge on any atom is 0.216 e. The molecule has 2 aromatic heterocycles. The first-order valence-corrected chi connectivity index (χ1v) is 6.84. The molecule has 0 bridgehead atoms. The summed E-state index contributed by atoms with van der Waals surface area (Å²) in [7, 11) is 0. The quantitative estimate of drug-likeness (QED) is 0.553. The summed E-state index contributed by atoms with van der Waals surface area (Å²) in [5.41, 5.74) is -1.15. The maximum absolute atomic E-state index is 10.5. The molecule has 1 aliphatic heterocycles. The fraction of sp³-hybridized carbons (Fsp3) is 0.462. The normalized spacial score (nSPS) is 31.5. The molecule has 22 heavy (non-hydrogen) atoms. The Labute approximate surface area is 130 Å². The van der Waals surface area contributed by atoms with Gasteiger partial charge in [0.05, 0.1) is 18.6 Å². The molecule has 9 heteroatoms. The summed E-state index contributed by atoms with van der Waals surface area (Å²) in [6.45, 7) is 8.17. The third-order valence-corrected chi connectivity index (χ3v) is 4.14. The Morgan fingerprint density at radius 2 is 2.27 bits per heavy atom. The van der Waals surface area contributed by atoms with Crippen LogP contribution in [0.1, 0.15) is 13.2 Å². The first-order chi connectivity index (χ1) is 10.4. The molecule has 3 heterocycles. The highest BCUT2D eigenvalue weighted by Crippen LogP contribution is 2.42. The van der Waals surface area contributed by atoms with Gasteiger partial charge in [0.2, 0.25) is 5.69 Å². The first kappa shape index (κ1) is 15.1. The minimum absolute atomic E-state index is 0.117. The molecule has 2 aromatic rings. The molecular formula is C13H13ClN4O4. The van der Waals surface area contributed by atoms with Gasteiger partial charge in [-0.15, -0.1) is 0 Å². The summed E-state index contributed by atoms with van der Waals surface area (Å²) in [5.74, 6) is 0. The van der Waals surface area contributed by atoms with Crippen molar-refractivity contribution in [2.75, 3.05) is 6.61 Å². The lowest BCUT2D eigenvalue weighted by molar-refractivity contribution is -0.0947. The summed E-state index contributed by atoms with van der Waals surface area (Å²) in [5, 5.41) is 30.3. The van der Waals surface area contributed by atoms with Crippen LogP contribution in [-0.4, -0.2) is 54.3 Å². The predicted molar refractivity (Wildman–Crippen MR) is 76.4 cm³/mol. The molecule has 0 radical (unpaired) electrons. The molecule has 3 N–H and O–H groups in total. The van der Waals surface area contributed by atoms with Gasteiger partial charge in [-0.1, -0.05) is 11.6 Å². The van der Waals surface area contributed by atoms with Gasteiger partial charge in [-0.25, -0.2) is 14.8 Å². The average Bonchev–Trinajstić information content (AvgIpc) is 2.97. The molecule has 1 aliphatic rings. The van der Waals surface area contributed by atoms with Gasteiger partial charge in [0.25, 0.3) is 0 Å². The molecule has 0 amide bonds. The monoisotopic (exact) mass is 324 g/mol. The van der Waals surface area contributed by atoms with Gasteiger partial charge in [0.1, 0.15) is 34.9 Å². The van der Waals surface area contributed by atoms with E-state index in [4.69, 9.17) is 22.9 Å². The lowest BCUT2D eigenvalue weighted by Crippen LogP contribution is -2.44. The number of aliphatic hydroxyl groups is 3. The molecular weight excluding hydrogens is 312 g/mol. The van der Waals surface area contributed by atoms with E-state index in [2.05, 4.69) is 14.8 Å². The van der Waals surface area contributed by atoms with Crippen molar-refractivity contribution in [3.8, 4) is 0 Å². The van der Waals surface area contributed by atoms with Gasteiger partial charge in [0, 0.05) is 6.20 Å². The van der Waals surface area contributed by atoms with Crippen molar-refractivity contribution in [1.29, 1.82) is 0 Å². The Morgan fingerprint density at radius 3 is 2.86 bits per heavy atom. The van der Waals surface area contributed by atoms with E-state index in [9.17, 15) is 15.3 Å². The number of aromatic nitrogens is 3. The van der Waals surface area contributed by atoms with Gasteiger partial charge < -0.3 is 24.6 Å². The standard InChI is InChI=1S/C13H13ClN4O4/c1-13(21)9(20)7(4-19)22-12(13)18-3-6(15-2)8-10(14)16-5-17-11(8)18/h3,5,7,9,12,19-21H,4H2,1H3. The molecule has 4 atom stereocenters. The number of rotatable bonds is 2. The number of hydrogen-bond acceptors (Lipinski definition) is 6. The van der Waals surface area contributed by atoms with Crippen molar-refractivity contribution in [2.24, 2.45) is 0 Å². The highest BCUT2D eigenvalue weighted by molar-refractivity contribution is 6.35. The summed E-state index contributed by atoms with van der Waals surface area (Å²) < 4.78 is 6.96. The van der Waals surface area contributed by atoms with Gasteiger partial charge in [-0.05, 0) is 6.92 Å². The highest BCUT2D eigenvalue weighted by Gasteiger charge is 2.53. The van der Waals surface area contributed by atoms with Crippen LogP contribution < -0.4 is 0 Å². The van der Waals surface area contributed by atoms with Crippen molar-refractivity contribution >= 4 is 28.3 Å². The van der Waals surface area contributed by atoms with Crippen molar-refractivity contribution < 1.29 is 20.1 Å². The third-order valence-electron chi connectivity index (χ3n) is 3.85. The molecule has 0 saturated carbocycles. The molecule has 3 rings (SSSR count). The number of ether oxygens (including phenoxy) is 1. The second-order valence-electron chi connectivity index (χ2n) is 5.28. The Bertz CT molecular complexity index is 769. The number of nitrogens with zero attached hydrogens (tertiary/aromatic N) is 4. The predicted octanol–water partition coefficient (Wildman–Crippen LogP) is 0.637. The van der Waals surface area contributed by atoms with Crippen LogP contribution in [0.2, 0.25) is 5.15 Å². The highest BCUT2D eigenvalue weighted by atomic mass is 35.5. The van der Waals surface area contributed by atoms with E-state index in [1.165, 1.54) is 24.0 Å². The maximum atomic E-state index is 10.5. The van der Waals surface area contributed by atoms with Crippen LogP contribution in [0.3, 0.4) is 0 Å². The zero-order chi connectivity index (χ0) is 16.1. The lowest BCUT2D eigenvalue weighted by Gasteiger charge is -2.27. The molecule has 8 nitrogen and oxygen atoms in total. The second kappa shape index (κ2) is 5.15. The fourth-order valence-corrected chi connectivity index (χ4v) is 2.91. The molecule has 0 aliphatic carbocycles. The second-order valence-corrected chi connectivity index (χ2v) is 5.63. The minimum Gasteiger partial charge on any atom is -0.394 e. The number of fused-ring (bicyclic) bond motifs is 1. The molecule has 0 spiro atoms. The van der Waals surface area contributed by atoms with Crippen LogP contribution in [0.5, 0.6) is 0 Å². The average molecular weight is 325 g/mol. The van der Waals surface area contributed by atoms with Crippen LogP contribution in [-0.2, 0) is 4.74 Å². The van der Waals surface area contributed by atoms with Crippen molar-refractivity contribution in [3.05, 3.63) is 29.1 Å². The lowest BCUT2D eigenvalue weighted by atomic mass is 9.96. The van der Waals surface area contributed by atoms with E-state index < -0.39 is 30.6 Å². The number of aliphatic hydroxyl groups excluding tert-OH is 2. The Kier molecular flexibility index (Phi) is 3.55. The minimum atomic E-state index is -1.67. The Morgan fingerprint density at radius 1 is 1.55 bits per heavy atom. The molecule has 0 aromatic carbocycles. The number of halogens is 1. The SMILES string of the molecule is [C-]#[N+]c1cn(C2OC(CO)C(O)C2(C)O)c2ncnc(Cl)c12. The molecule has 116 valence electrons. The summed E-state index contributed by atoms with van der Waals surface area (Å²) in [6, 6.07) is 0. The van der Waals surface area contributed by atoms with Gasteiger partial charge >= 0.3 is 0 Å². The van der Waals surface area contributed by atoms with E-state index in [1.807, 2.05) is 0 Å². The van der Waals surface area contributed by atoms with E-state index in [1.54, 1.807) is 0 Å². The third kappa shape index (κ3) is 1.99. The van der Waals surface area contributed by atoms with Crippen LogP contribution in [0.25, 0.3) is 15.9 Å². The van der Waals surface area contributed by atoms with Gasteiger partial charge in [-0.2, -0.15) is 0 Å². The van der Waals surface area contributed by atoms with Crippen LogP contribution >= 0.6 is 11.6 Å². The van der Waals surface area contributed by atoms with Crippen molar-refractivity contribution in [2.45, 2.75) is 31.0 Å². The summed E-state index contributed by atoms with van der Waals surface area (Å²) >= 11 is 6.02. The zero-order valence-electron chi connectivity index (χ0n) is 11.5. The summed E-state index contributed by atoms with van der Waals surface area (Å²) in [4.78, 5) is 11.3. The van der Waals surface area contributed by atoms with Gasteiger partial charge in [-0.3, -0.25) is 0 Å². The van der Waals surface area contributed by atoms with E-state index in [0.717, 1.165) is 0 Å². The van der Waals surface area contributed by atoms with Crippen molar-refractivity contribution in [1.82, 2.24) is 14.5 Å². The van der Waals surface area contributed by atoms with Gasteiger partial charge in [0.15, 0.2) is 6.23 Å². The van der Waals surface area contributed by atoms with Crippen molar-refractivity contribution in [3.63, 3.8) is 0 Å². The number of hydrogen-bond donors (Lipinski definition) is 3.